The SMILES string of the molecule is CC(C)(C)CS(=O)(=O)NC1CCC2(CC1)OCCO2. The molecule has 0 aromatic carbocycles. The zero-order chi connectivity index (χ0) is 14.1. The number of sulfonamides is 1. The van der Waals surface area contributed by atoms with Gasteiger partial charge in [0.2, 0.25) is 10.0 Å². The van der Waals surface area contributed by atoms with Crippen molar-refractivity contribution in [3.63, 3.8) is 0 Å². The van der Waals surface area contributed by atoms with Crippen LogP contribution in [0.5, 0.6) is 0 Å². The van der Waals surface area contributed by atoms with Crippen molar-refractivity contribution >= 4 is 10.0 Å². The maximum absolute atomic E-state index is 12.1. The van der Waals surface area contributed by atoms with Crippen molar-refractivity contribution in [2.75, 3.05) is 19.0 Å². The second kappa shape index (κ2) is 5.31. The van der Waals surface area contributed by atoms with Gasteiger partial charge in [0.15, 0.2) is 5.79 Å². The van der Waals surface area contributed by atoms with Crippen LogP contribution in [0.4, 0.5) is 0 Å². The average Bonchev–Trinajstić information content (AvgIpc) is 2.67. The van der Waals surface area contributed by atoms with Crippen LogP contribution in [0.15, 0.2) is 0 Å². The van der Waals surface area contributed by atoms with Crippen molar-refractivity contribution < 1.29 is 17.9 Å². The Hall–Kier alpha value is -0.170. The van der Waals surface area contributed by atoms with Gasteiger partial charge >= 0.3 is 0 Å². The van der Waals surface area contributed by atoms with Crippen LogP contribution < -0.4 is 4.72 Å². The molecule has 1 saturated heterocycles. The summed E-state index contributed by atoms with van der Waals surface area (Å²) in [5.74, 6) is -0.263. The van der Waals surface area contributed by atoms with Crippen LogP contribution in [0.25, 0.3) is 0 Å². The second-order valence-corrected chi connectivity index (χ2v) is 8.57. The number of hydrogen-bond acceptors (Lipinski definition) is 4. The van der Waals surface area contributed by atoms with Gasteiger partial charge in [0.05, 0.1) is 19.0 Å². The molecule has 5 nitrogen and oxygen atoms in total. The standard InChI is InChI=1S/C13H25NO4S/c1-12(2,3)10-19(15,16)14-11-4-6-13(7-5-11)17-8-9-18-13/h11,14H,4-10H2,1-3H3. The fourth-order valence-corrected chi connectivity index (χ4v) is 4.79. The lowest BCUT2D eigenvalue weighted by Crippen LogP contribution is -2.45. The highest BCUT2D eigenvalue weighted by Crippen LogP contribution is 2.36. The van der Waals surface area contributed by atoms with E-state index in [2.05, 4.69) is 4.72 Å². The van der Waals surface area contributed by atoms with Crippen molar-refractivity contribution in [3.8, 4) is 0 Å². The number of nitrogens with one attached hydrogen (secondary N) is 1. The van der Waals surface area contributed by atoms with Gasteiger partial charge in [-0.1, -0.05) is 20.8 Å². The molecule has 0 bridgehead atoms. The van der Waals surface area contributed by atoms with E-state index in [9.17, 15) is 8.42 Å². The summed E-state index contributed by atoms with van der Waals surface area (Å²) in [6.07, 6.45) is 3.11. The minimum Gasteiger partial charge on any atom is -0.348 e. The molecule has 2 rings (SSSR count). The van der Waals surface area contributed by atoms with Crippen molar-refractivity contribution in [2.45, 2.75) is 58.3 Å². The maximum Gasteiger partial charge on any atom is 0.212 e. The summed E-state index contributed by atoms with van der Waals surface area (Å²) in [5, 5.41) is 0. The summed E-state index contributed by atoms with van der Waals surface area (Å²) in [4.78, 5) is 0. The van der Waals surface area contributed by atoms with E-state index in [0.29, 0.717) is 13.2 Å². The minimum atomic E-state index is -3.21. The van der Waals surface area contributed by atoms with E-state index >= 15 is 0 Å². The zero-order valence-electron chi connectivity index (χ0n) is 12.1. The molecule has 0 radical (unpaired) electrons. The van der Waals surface area contributed by atoms with Crippen LogP contribution in [-0.2, 0) is 19.5 Å². The molecule has 19 heavy (non-hydrogen) atoms. The van der Waals surface area contributed by atoms with Crippen LogP contribution in [0, 0.1) is 5.41 Å². The molecule has 2 aliphatic rings. The predicted molar refractivity (Wildman–Crippen MR) is 73.3 cm³/mol. The first kappa shape index (κ1) is 15.2. The van der Waals surface area contributed by atoms with Gasteiger partial charge < -0.3 is 9.47 Å². The lowest BCUT2D eigenvalue weighted by atomic mass is 9.91. The molecule has 0 atom stereocenters. The largest absolute Gasteiger partial charge is 0.348 e. The lowest BCUT2D eigenvalue weighted by molar-refractivity contribution is -0.178. The molecule has 1 spiro atoms. The topological polar surface area (TPSA) is 64.6 Å². The van der Waals surface area contributed by atoms with Gasteiger partial charge in [0.25, 0.3) is 0 Å². The van der Waals surface area contributed by atoms with Crippen molar-refractivity contribution in [3.05, 3.63) is 0 Å². The van der Waals surface area contributed by atoms with E-state index in [1.165, 1.54) is 0 Å². The molecule has 0 aromatic rings. The van der Waals surface area contributed by atoms with Gasteiger partial charge in [-0.3, -0.25) is 0 Å². The van der Waals surface area contributed by atoms with Crippen LogP contribution in [-0.4, -0.2) is 39.2 Å². The third-order valence-electron chi connectivity index (χ3n) is 3.53. The van der Waals surface area contributed by atoms with Crippen LogP contribution in [0.1, 0.15) is 46.5 Å². The Kier molecular flexibility index (Phi) is 4.26. The summed E-state index contributed by atoms with van der Waals surface area (Å²) in [5.41, 5.74) is -0.223. The fraction of sp³-hybridized carbons (Fsp3) is 1.00. The van der Waals surface area contributed by atoms with E-state index in [1.807, 2.05) is 20.8 Å². The molecule has 1 aliphatic heterocycles. The second-order valence-electron chi connectivity index (χ2n) is 6.82. The zero-order valence-corrected chi connectivity index (χ0v) is 12.9. The molecule has 112 valence electrons. The highest BCUT2D eigenvalue weighted by Gasteiger charge is 2.41. The summed E-state index contributed by atoms with van der Waals surface area (Å²) < 4.78 is 38.2. The first-order valence-electron chi connectivity index (χ1n) is 6.98. The Bertz CT molecular complexity index is 397. The Morgan fingerprint density at radius 3 is 2.16 bits per heavy atom. The Morgan fingerprint density at radius 1 is 1.16 bits per heavy atom. The first-order chi connectivity index (χ1) is 8.70. The van der Waals surface area contributed by atoms with Crippen molar-refractivity contribution in [2.24, 2.45) is 5.41 Å². The monoisotopic (exact) mass is 291 g/mol. The highest BCUT2D eigenvalue weighted by atomic mass is 32.2. The Morgan fingerprint density at radius 2 is 1.68 bits per heavy atom. The van der Waals surface area contributed by atoms with Crippen molar-refractivity contribution in [1.29, 1.82) is 0 Å². The van der Waals surface area contributed by atoms with Gasteiger partial charge in [-0.25, -0.2) is 13.1 Å². The van der Waals surface area contributed by atoms with E-state index in [1.54, 1.807) is 0 Å². The normalized spacial score (nSPS) is 25.0. The molecule has 1 saturated carbocycles. The molecule has 2 fully saturated rings. The summed E-state index contributed by atoms with van der Waals surface area (Å²) in [6, 6.07) is 0.0192. The van der Waals surface area contributed by atoms with Gasteiger partial charge in [-0.05, 0) is 18.3 Å². The molecule has 0 amide bonds. The summed E-state index contributed by atoms with van der Waals surface area (Å²) >= 11 is 0. The smallest absolute Gasteiger partial charge is 0.212 e. The third-order valence-corrected chi connectivity index (χ3v) is 5.47. The third kappa shape index (κ3) is 4.41. The first-order valence-corrected chi connectivity index (χ1v) is 8.63. The van der Waals surface area contributed by atoms with Crippen LogP contribution >= 0.6 is 0 Å². The molecule has 0 aromatic heterocycles. The van der Waals surface area contributed by atoms with Gasteiger partial charge in [-0.15, -0.1) is 0 Å². The fourth-order valence-electron chi connectivity index (χ4n) is 2.83. The highest BCUT2D eigenvalue weighted by molar-refractivity contribution is 7.89. The van der Waals surface area contributed by atoms with Crippen molar-refractivity contribution in [1.82, 2.24) is 4.72 Å². The van der Waals surface area contributed by atoms with Gasteiger partial charge in [0.1, 0.15) is 0 Å². The molecular formula is C13H25NO4S. The minimum absolute atomic E-state index is 0.0192. The molecular weight excluding hydrogens is 266 g/mol. The quantitative estimate of drug-likeness (QED) is 0.858. The number of ether oxygens (including phenoxy) is 2. The molecule has 1 N–H and O–H groups in total. The number of rotatable bonds is 3. The molecule has 1 heterocycles. The molecule has 1 aliphatic carbocycles. The average molecular weight is 291 g/mol. The Labute approximate surface area is 116 Å². The van der Waals surface area contributed by atoms with E-state index in [0.717, 1.165) is 25.7 Å². The number of hydrogen-bond donors (Lipinski definition) is 1. The maximum atomic E-state index is 12.1. The summed E-state index contributed by atoms with van der Waals surface area (Å²) in [7, 11) is -3.21. The van der Waals surface area contributed by atoms with E-state index in [4.69, 9.17) is 9.47 Å². The summed E-state index contributed by atoms with van der Waals surface area (Å²) in [6.45, 7) is 7.10. The molecule has 0 unspecified atom stereocenters. The van der Waals surface area contributed by atoms with Gasteiger partial charge in [0, 0.05) is 18.9 Å². The lowest BCUT2D eigenvalue weighted by Gasteiger charge is -2.35. The Balaban J connectivity index is 1.85. The van der Waals surface area contributed by atoms with Crippen LogP contribution in [0.3, 0.4) is 0 Å². The van der Waals surface area contributed by atoms with E-state index < -0.39 is 15.8 Å². The van der Waals surface area contributed by atoms with Gasteiger partial charge in [-0.2, -0.15) is 0 Å². The molecule has 6 heteroatoms. The predicted octanol–water partition coefficient (Wildman–Crippen LogP) is 1.64. The van der Waals surface area contributed by atoms with E-state index in [-0.39, 0.29) is 17.2 Å². The van der Waals surface area contributed by atoms with Crippen LogP contribution in [0.2, 0.25) is 0 Å².